The summed E-state index contributed by atoms with van der Waals surface area (Å²) in [5, 5.41) is 0. The number of hydrogen-bond donors (Lipinski definition) is 1. The van der Waals surface area contributed by atoms with Gasteiger partial charge in [-0.2, -0.15) is 11.8 Å². The van der Waals surface area contributed by atoms with E-state index < -0.39 is 6.04 Å². The number of halogens is 1. The summed E-state index contributed by atoms with van der Waals surface area (Å²) in [4.78, 5) is 14.0. The molecule has 1 saturated heterocycles. The second kappa shape index (κ2) is 8.39. The van der Waals surface area contributed by atoms with Crippen molar-refractivity contribution in [3.05, 3.63) is 30.1 Å². The quantitative estimate of drug-likeness (QED) is 0.871. The maximum absolute atomic E-state index is 12.9. The van der Waals surface area contributed by atoms with Gasteiger partial charge >= 0.3 is 0 Å². The van der Waals surface area contributed by atoms with Crippen molar-refractivity contribution in [2.75, 3.05) is 25.1 Å². The lowest BCUT2D eigenvalue weighted by molar-refractivity contribution is -0.134. The van der Waals surface area contributed by atoms with Crippen LogP contribution >= 0.6 is 11.8 Å². The Balaban J connectivity index is 1.77. The SMILES string of the molecule is CSCC[C@H](N)C(=O)N1CCC(Oc2ccc(F)cc2)CC1. The zero-order chi connectivity index (χ0) is 15.9. The third-order valence-corrected chi connectivity index (χ3v) is 4.46. The van der Waals surface area contributed by atoms with Crippen LogP contribution in [-0.4, -0.2) is 48.1 Å². The van der Waals surface area contributed by atoms with E-state index in [4.69, 9.17) is 10.5 Å². The fourth-order valence-electron chi connectivity index (χ4n) is 2.50. The van der Waals surface area contributed by atoms with Crippen molar-refractivity contribution in [3.63, 3.8) is 0 Å². The van der Waals surface area contributed by atoms with E-state index in [9.17, 15) is 9.18 Å². The van der Waals surface area contributed by atoms with Gasteiger partial charge in [0.05, 0.1) is 6.04 Å². The molecule has 4 nitrogen and oxygen atoms in total. The van der Waals surface area contributed by atoms with Gasteiger partial charge in [0.1, 0.15) is 17.7 Å². The molecule has 1 aliphatic heterocycles. The summed E-state index contributed by atoms with van der Waals surface area (Å²) in [5.74, 6) is 1.33. The van der Waals surface area contributed by atoms with Gasteiger partial charge in [-0.25, -0.2) is 4.39 Å². The van der Waals surface area contributed by atoms with Gasteiger partial charge in [0.25, 0.3) is 0 Å². The van der Waals surface area contributed by atoms with Gasteiger partial charge in [-0.3, -0.25) is 4.79 Å². The first-order valence-corrected chi connectivity index (χ1v) is 8.95. The zero-order valence-corrected chi connectivity index (χ0v) is 13.7. The van der Waals surface area contributed by atoms with Crippen LogP contribution in [0.25, 0.3) is 0 Å². The summed E-state index contributed by atoms with van der Waals surface area (Å²) < 4.78 is 18.7. The largest absolute Gasteiger partial charge is 0.490 e. The summed E-state index contributed by atoms with van der Waals surface area (Å²) in [6.45, 7) is 1.33. The molecule has 22 heavy (non-hydrogen) atoms. The maximum Gasteiger partial charge on any atom is 0.239 e. The average molecular weight is 326 g/mol. The number of ether oxygens (including phenoxy) is 1. The smallest absolute Gasteiger partial charge is 0.239 e. The molecule has 0 aromatic heterocycles. The molecular weight excluding hydrogens is 303 g/mol. The number of amides is 1. The van der Waals surface area contributed by atoms with Crippen molar-refractivity contribution in [2.24, 2.45) is 5.73 Å². The molecule has 2 N–H and O–H groups in total. The van der Waals surface area contributed by atoms with Crippen LogP contribution in [0.4, 0.5) is 4.39 Å². The summed E-state index contributed by atoms with van der Waals surface area (Å²) in [6.07, 6.45) is 4.34. The molecule has 1 aromatic carbocycles. The topological polar surface area (TPSA) is 55.6 Å². The summed E-state index contributed by atoms with van der Waals surface area (Å²) in [5.41, 5.74) is 5.94. The van der Waals surface area contributed by atoms with Gasteiger partial charge in [0, 0.05) is 25.9 Å². The molecule has 1 aliphatic rings. The highest BCUT2D eigenvalue weighted by molar-refractivity contribution is 7.98. The van der Waals surface area contributed by atoms with Crippen LogP contribution in [0.5, 0.6) is 5.75 Å². The van der Waals surface area contributed by atoms with Crippen molar-refractivity contribution >= 4 is 17.7 Å². The lowest BCUT2D eigenvalue weighted by Crippen LogP contribution is -2.48. The second-order valence-electron chi connectivity index (χ2n) is 5.48. The van der Waals surface area contributed by atoms with Crippen LogP contribution in [0.2, 0.25) is 0 Å². The van der Waals surface area contributed by atoms with Crippen molar-refractivity contribution in [2.45, 2.75) is 31.4 Å². The molecule has 1 fully saturated rings. The van der Waals surface area contributed by atoms with Gasteiger partial charge < -0.3 is 15.4 Å². The molecule has 0 spiro atoms. The summed E-state index contributed by atoms with van der Waals surface area (Å²) in [6, 6.07) is 5.63. The molecule has 0 unspecified atom stereocenters. The number of carbonyl (C=O) groups excluding carboxylic acids is 1. The van der Waals surface area contributed by atoms with Crippen molar-refractivity contribution in [1.29, 1.82) is 0 Å². The third kappa shape index (κ3) is 4.88. The number of benzene rings is 1. The molecule has 1 heterocycles. The molecule has 0 saturated carbocycles. The number of piperidine rings is 1. The highest BCUT2D eigenvalue weighted by Crippen LogP contribution is 2.20. The fourth-order valence-corrected chi connectivity index (χ4v) is 2.99. The van der Waals surface area contributed by atoms with Crippen LogP contribution in [0.15, 0.2) is 24.3 Å². The first-order chi connectivity index (χ1) is 10.6. The Morgan fingerprint density at radius 2 is 2.05 bits per heavy atom. The first-order valence-electron chi connectivity index (χ1n) is 7.55. The zero-order valence-electron chi connectivity index (χ0n) is 12.8. The monoisotopic (exact) mass is 326 g/mol. The Bertz CT molecular complexity index is 476. The predicted octanol–water partition coefficient (Wildman–Crippen LogP) is 2.28. The van der Waals surface area contributed by atoms with E-state index in [1.807, 2.05) is 11.2 Å². The average Bonchev–Trinajstić information content (AvgIpc) is 2.55. The van der Waals surface area contributed by atoms with Gasteiger partial charge in [-0.05, 0) is 42.7 Å². The predicted molar refractivity (Wildman–Crippen MR) is 87.6 cm³/mol. The molecule has 6 heteroatoms. The number of hydrogen-bond acceptors (Lipinski definition) is 4. The highest BCUT2D eigenvalue weighted by atomic mass is 32.2. The van der Waals surface area contributed by atoms with Crippen LogP contribution < -0.4 is 10.5 Å². The number of rotatable bonds is 6. The van der Waals surface area contributed by atoms with Gasteiger partial charge in [0.2, 0.25) is 5.91 Å². The number of thioether (sulfide) groups is 1. The van der Waals surface area contributed by atoms with E-state index in [2.05, 4.69) is 0 Å². The molecular formula is C16H23FN2O2S. The molecule has 1 atom stereocenters. The van der Waals surface area contributed by atoms with E-state index in [1.54, 1.807) is 23.9 Å². The van der Waals surface area contributed by atoms with E-state index >= 15 is 0 Å². The Hall–Kier alpha value is -1.27. The van der Waals surface area contributed by atoms with E-state index in [0.29, 0.717) is 25.3 Å². The lowest BCUT2D eigenvalue weighted by Gasteiger charge is -2.33. The molecule has 0 aliphatic carbocycles. The first kappa shape index (κ1) is 17.1. The third-order valence-electron chi connectivity index (χ3n) is 3.82. The van der Waals surface area contributed by atoms with Crippen molar-refractivity contribution < 1.29 is 13.9 Å². The minimum Gasteiger partial charge on any atom is -0.490 e. The van der Waals surface area contributed by atoms with Gasteiger partial charge in [-0.1, -0.05) is 0 Å². The maximum atomic E-state index is 12.9. The van der Waals surface area contributed by atoms with Crippen LogP contribution in [-0.2, 0) is 4.79 Å². The standard InChI is InChI=1S/C16H23FN2O2S/c1-22-11-8-15(18)16(20)19-9-6-14(7-10-19)21-13-4-2-12(17)3-5-13/h2-5,14-15H,6-11,18H2,1H3/t15-/m0/s1. The highest BCUT2D eigenvalue weighted by Gasteiger charge is 2.26. The van der Waals surface area contributed by atoms with E-state index in [1.165, 1.54) is 12.1 Å². The Kier molecular flexibility index (Phi) is 6.51. The summed E-state index contributed by atoms with van der Waals surface area (Å²) in [7, 11) is 0. The number of carbonyl (C=O) groups is 1. The molecule has 0 bridgehead atoms. The van der Waals surface area contributed by atoms with Crippen LogP contribution in [0.3, 0.4) is 0 Å². The minimum atomic E-state index is -0.401. The van der Waals surface area contributed by atoms with Gasteiger partial charge in [0.15, 0.2) is 0 Å². The second-order valence-corrected chi connectivity index (χ2v) is 6.47. The van der Waals surface area contributed by atoms with Crippen molar-refractivity contribution in [3.8, 4) is 5.75 Å². The van der Waals surface area contributed by atoms with E-state index in [-0.39, 0.29) is 17.8 Å². The lowest BCUT2D eigenvalue weighted by atomic mass is 10.1. The Morgan fingerprint density at radius 3 is 2.64 bits per heavy atom. The Morgan fingerprint density at radius 1 is 1.41 bits per heavy atom. The van der Waals surface area contributed by atoms with E-state index in [0.717, 1.165) is 18.6 Å². The molecule has 1 aromatic rings. The number of nitrogens with two attached hydrogens (primary N) is 1. The molecule has 0 radical (unpaired) electrons. The fraction of sp³-hybridized carbons (Fsp3) is 0.562. The van der Waals surface area contributed by atoms with Crippen LogP contribution in [0.1, 0.15) is 19.3 Å². The molecule has 122 valence electrons. The normalized spacial score (nSPS) is 17.3. The molecule has 1 amide bonds. The minimum absolute atomic E-state index is 0.0364. The Labute approximate surface area is 135 Å². The number of likely N-dealkylation sites (tertiary alicyclic amines) is 1. The van der Waals surface area contributed by atoms with Crippen molar-refractivity contribution in [1.82, 2.24) is 4.90 Å². The summed E-state index contributed by atoms with van der Waals surface area (Å²) >= 11 is 1.70. The number of nitrogens with zero attached hydrogens (tertiary/aromatic N) is 1. The molecule has 2 rings (SSSR count). The van der Waals surface area contributed by atoms with Gasteiger partial charge in [-0.15, -0.1) is 0 Å². The van der Waals surface area contributed by atoms with Crippen LogP contribution in [0, 0.1) is 5.82 Å².